The van der Waals surface area contributed by atoms with Crippen LogP contribution in [0.1, 0.15) is 50.7 Å². The molecule has 0 aliphatic carbocycles. The third kappa shape index (κ3) is 5.31. The summed E-state index contributed by atoms with van der Waals surface area (Å²) in [5.74, 6) is 1.81. The molecule has 4 heteroatoms. The molecule has 1 saturated heterocycles. The largest absolute Gasteiger partial charge is 0.497 e. The van der Waals surface area contributed by atoms with Crippen LogP contribution in [0.3, 0.4) is 0 Å². The van der Waals surface area contributed by atoms with E-state index < -0.39 is 0 Å². The van der Waals surface area contributed by atoms with Gasteiger partial charge in [0.1, 0.15) is 11.5 Å². The molecule has 0 spiro atoms. The highest BCUT2D eigenvalue weighted by Crippen LogP contribution is 2.45. The van der Waals surface area contributed by atoms with Crippen LogP contribution in [0, 0.1) is 0 Å². The van der Waals surface area contributed by atoms with Crippen LogP contribution in [-0.4, -0.2) is 33.0 Å². The van der Waals surface area contributed by atoms with Gasteiger partial charge in [0.05, 0.1) is 19.8 Å². The summed E-state index contributed by atoms with van der Waals surface area (Å²) in [5.41, 5.74) is 2.73. The van der Waals surface area contributed by atoms with Crippen molar-refractivity contribution in [1.82, 2.24) is 5.32 Å². The number of rotatable bonds is 9. The molecule has 0 bridgehead atoms. The molecule has 158 valence electrons. The fourth-order valence-electron chi connectivity index (χ4n) is 4.43. The molecule has 0 saturated carbocycles. The second-order valence-electron chi connectivity index (χ2n) is 8.36. The second kappa shape index (κ2) is 9.64. The van der Waals surface area contributed by atoms with Gasteiger partial charge in [-0.05, 0) is 74.5 Å². The normalized spacial score (nSPS) is 24.3. The van der Waals surface area contributed by atoms with E-state index in [2.05, 4.69) is 55.6 Å². The van der Waals surface area contributed by atoms with Gasteiger partial charge in [0.15, 0.2) is 0 Å². The van der Waals surface area contributed by atoms with Crippen molar-refractivity contribution in [3.05, 3.63) is 59.7 Å². The monoisotopic (exact) mass is 397 g/mol. The number of benzene rings is 2. The van der Waals surface area contributed by atoms with E-state index in [9.17, 15) is 0 Å². The molecular weight excluding hydrogens is 362 g/mol. The average Bonchev–Trinajstić information content (AvgIpc) is 2.77. The highest BCUT2D eigenvalue weighted by atomic mass is 16.5. The van der Waals surface area contributed by atoms with E-state index in [0.29, 0.717) is 0 Å². The van der Waals surface area contributed by atoms with E-state index >= 15 is 0 Å². The summed E-state index contributed by atoms with van der Waals surface area (Å²) in [5, 5.41) is 3.64. The lowest BCUT2D eigenvalue weighted by Crippen LogP contribution is -2.46. The predicted octanol–water partition coefficient (Wildman–Crippen LogP) is 5.10. The van der Waals surface area contributed by atoms with Crippen molar-refractivity contribution < 1.29 is 14.2 Å². The maximum absolute atomic E-state index is 6.18. The molecular formula is C25H35NO3. The van der Waals surface area contributed by atoms with E-state index in [1.807, 2.05) is 12.1 Å². The SMILES string of the molecule is CC[C@]1(C)C[C@](CCNCc2ccc(OC)cc2)(c2ccc(OC)cc2)CCO1. The van der Waals surface area contributed by atoms with Crippen LogP contribution in [0.15, 0.2) is 48.5 Å². The quantitative estimate of drug-likeness (QED) is 0.598. The van der Waals surface area contributed by atoms with Gasteiger partial charge in [0.25, 0.3) is 0 Å². The standard InChI is InChI=1S/C25H35NO3/c1-5-24(2)19-25(15-17-29-24,21-8-12-23(28-4)13-9-21)14-16-26-18-20-6-10-22(27-3)11-7-20/h6-13,26H,5,14-19H2,1-4H3/t24-,25-/m1/s1. The van der Waals surface area contributed by atoms with Gasteiger partial charge in [0.2, 0.25) is 0 Å². The van der Waals surface area contributed by atoms with Crippen LogP contribution in [-0.2, 0) is 16.7 Å². The van der Waals surface area contributed by atoms with Crippen LogP contribution < -0.4 is 14.8 Å². The maximum atomic E-state index is 6.18. The summed E-state index contributed by atoms with van der Waals surface area (Å²) in [6.07, 6.45) is 4.23. The first kappa shape index (κ1) is 21.7. The maximum Gasteiger partial charge on any atom is 0.118 e. The Balaban J connectivity index is 1.69. The minimum absolute atomic E-state index is 0.0613. The minimum Gasteiger partial charge on any atom is -0.497 e. The second-order valence-corrected chi connectivity index (χ2v) is 8.36. The lowest BCUT2D eigenvalue weighted by atomic mass is 9.66. The molecule has 2 atom stereocenters. The fraction of sp³-hybridized carbons (Fsp3) is 0.520. The fourth-order valence-corrected chi connectivity index (χ4v) is 4.43. The number of hydrogen-bond acceptors (Lipinski definition) is 4. The van der Waals surface area contributed by atoms with Gasteiger partial charge >= 0.3 is 0 Å². The smallest absolute Gasteiger partial charge is 0.118 e. The highest BCUT2D eigenvalue weighted by Gasteiger charge is 2.43. The van der Waals surface area contributed by atoms with Crippen molar-refractivity contribution in [3.63, 3.8) is 0 Å². The zero-order valence-corrected chi connectivity index (χ0v) is 18.3. The summed E-state index contributed by atoms with van der Waals surface area (Å²) in [7, 11) is 3.42. The average molecular weight is 398 g/mol. The first-order chi connectivity index (χ1) is 14.0. The molecule has 3 rings (SSSR count). The van der Waals surface area contributed by atoms with Gasteiger partial charge in [-0.2, -0.15) is 0 Å². The number of nitrogens with one attached hydrogen (secondary N) is 1. The lowest BCUT2D eigenvalue weighted by Gasteiger charge is -2.47. The Labute approximate surface area is 175 Å². The molecule has 1 aliphatic heterocycles. The molecule has 0 unspecified atom stereocenters. The third-order valence-electron chi connectivity index (χ3n) is 6.46. The van der Waals surface area contributed by atoms with E-state index in [4.69, 9.17) is 14.2 Å². The Bertz CT molecular complexity index is 759. The van der Waals surface area contributed by atoms with Gasteiger partial charge in [-0.25, -0.2) is 0 Å². The number of hydrogen-bond donors (Lipinski definition) is 1. The molecule has 1 aliphatic rings. The van der Waals surface area contributed by atoms with Gasteiger partial charge in [-0.15, -0.1) is 0 Å². The molecule has 2 aromatic carbocycles. The molecule has 2 aromatic rings. The Hall–Kier alpha value is -2.04. The van der Waals surface area contributed by atoms with Crippen molar-refractivity contribution in [2.75, 3.05) is 27.4 Å². The highest BCUT2D eigenvalue weighted by molar-refractivity contribution is 5.33. The molecule has 0 amide bonds. The van der Waals surface area contributed by atoms with Gasteiger partial charge < -0.3 is 19.5 Å². The van der Waals surface area contributed by atoms with Crippen molar-refractivity contribution in [3.8, 4) is 11.5 Å². The van der Waals surface area contributed by atoms with Crippen molar-refractivity contribution in [2.24, 2.45) is 0 Å². The minimum atomic E-state index is -0.0613. The van der Waals surface area contributed by atoms with E-state index in [1.54, 1.807) is 14.2 Å². The molecule has 1 N–H and O–H groups in total. The van der Waals surface area contributed by atoms with Crippen LogP contribution in [0.2, 0.25) is 0 Å². The van der Waals surface area contributed by atoms with Crippen LogP contribution >= 0.6 is 0 Å². The van der Waals surface area contributed by atoms with E-state index in [1.165, 1.54) is 11.1 Å². The summed E-state index contributed by atoms with van der Waals surface area (Å²) in [6, 6.07) is 16.9. The molecule has 1 fully saturated rings. The van der Waals surface area contributed by atoms with Gasteiger partial charge in [-0.3, -0.25) is 0 Å². The Morgan fingerprint density at radius 2 is 1.59 bits per heavy atom. The van der Waals surface area contributed by atoms with Gasteiger partial charge in [0, 0.05) is 18.6 Å². The summed E-state index contributed by atoms with van der Waals surface area (Å²) in [4.78, 5) is 0. The Morgan fingerprint density at radius 3 is 2.17 bits per heavy atom. The first-order valence-electron chi connectivity index (χ1n) is 10.6. The Kier molecular flexibility index (Phi) is 7.20. The topological polar surface area (TPSA) is 39.7 Å². The number of methoxy groups -OCH3 is 2. The first-order valence-corrected chi connectivity index (χ1v) is 10.6. The van der Waals surface area contributed by atoms with Crippen LogP contribution in [0.5, 0.6) is 11.5 Å². The van der Waals surface area contributed by atoms with E-state index in [0.717, 1.165) is 56.9 Å². The molecule has 0 radical (unpaired) electrons. The zero-order valence-electron chi connectivity index (χ0n) is 18.3. The summed E-state index contributed by atoms with van der Waals surface area (Å²) >= 11 is 0. The molecule has 1 heterocycles. The Morgan fingerprint density at radius 1 is 0.966 bits per heavy atom. The van der Waals surface area contributed by atoms with Crippen LogP contribution in [0.25, 0.3) is 0 Å². The molecule has 0 aromatic heterocycles. The lowest BCUT2D eigenvalue weighted by molar-refractivity contribution is -0.0979. The van der Waals surface area contributed by atoms with Crippen molar-refractivity contribution in [1.29, 1.82) is 0 Å². The zero-order chi connectivity index (χ0) is 20.7. The van der Waals surface area contributed by atoms with E-state index in [-0.39, 0.29) is 11.0 Å². The third-order valence-corrected chi connectivity index (χ3v) is 6.46. The summed E-state index contributed by atoms with van der Waals surface area (Å²) < 4.78 is 16.8. The van der Waals surface area contributed by atoms with Gasteiger partial charge in [-0.1, -0.05) is 31.2 Å². The molecule has 29 heavy (non-hydrogen) atoms. The number of ether oxygens (including phenoxy) is 3. The van der Waals surface area contributed by atoms with Crippen molar-refractivity contribution >= 4 is 0 Å². The summed E-state index contributed by atoms with van der Waals surface area (Å²) in [6.45, 7) is 7.14. The predicted molar refractivity (Wildman–Crippen MR) is 118 cm³/mol. The van der Waals surface area contributed by atoms with Crippen LogP contribution in [0.4, 0.5) is 0 Å². The van der Waals surface area contributed by atoms with Crippen molar-refractivity contribution in [2.45, 2.75) is 57.1 Å². The molecule has 4 nitrogen and oxygen atoms in total.